The van der Waals surface area contributed by atoms with Crippen molar-refractivity contribution in [3.63, 3.8) is 0 Å². The summed E-state index contributed by atoms with van der Waals surface area (Å²) in [5, 5.41) is 0. The van der Waals surface area contributed by atoms with Crippen molar-refractivity contribution in [3.05, 3.63) is 29.8 Å². The first-order chi connectivity index (χ1) is 11.5. The quantitative estimate of drug-likeness (QED) is 0.787. The smallest absolute Gasteiger partial charge is 0.227 e. The lowest BCUT2D eigenvalue weighted by Crippen LogP contribution is -2.51. The van der Waals surface area contributed by atoms with Crippen molar-refractivity contribution in [3.8, 4) is 5.75 Å². The van der Waals surface area contributed by atoms with Gasteiger partial charge in [0.25, 0.3) is 0 Å². The number of ketones is 1. The first-order valence-corrected chi connectivity index (χ1v) is 8.17. The van der Waals surface area contributed by atoms with Gasteiger partial charge in [0, 0.05) is 39.0 Å². The van der Waals surface area contributed by atoms with E-state index in [2.05, 4.69) is 0 Å². The van der Waals surface area contributed by atoms with E-state index < -0.39 is 0 Å². The van der Waals surface area contributed by atoms with E-state index in [-0.39, 0.29) is 30.4 Å². The first kappa shape index (κ1) is 18.0. The molecule has 0 radical (unpaired) electrons. The van der Waals surface area contributed by atoms with E-state index in [9.17, 15) is 14.4 Å². The number of ether oxygens (including phenoxy) is 1. The predicted molar refractivity (Wildman–Crippen MR) is 89.8 cm³/mol. The molecule has 1 aliphatic rings. The van der Waals surface area contributed by atoms with Gasteiger partial charge in [-0.3, -0.25) is 9.59 Å². The lowest BCUT2D eigenvalue weighted by Gasteiger charge is -2.35. The summed E-state index contributed by atoms with van der Waals surface area (Å²) in [5.41, 5.74) is 0.945. The van der Waals surface area contributed by atoms with Gasteiger partial charge < -0.3 is 19.3 Å². The summed E-state index contributed by atoms with van der Waals surface area (Å²) in [4.78, 5) is 38.8. The van der Waals surface area contributed by atoms with E-state index in [0.29, 0.717) is 32.6 Å². The highest BCUT2D eigenvalue weighted by Crippen LogP contribution is 2.13. The molecular formula is C18H24N2O4. The van der Waals surface area contributed by atoms with Crippen LogP contribution < -0.4 is 4.74 Å². The molecule has 1 aliphatic heterocycles. The van der Waals surface area contributed by atoms with Gasteiger partial charge in [-0.2, -0.15) is 0 Å². The maximum Gasteiger partial charge on any atom is 0.227 e. The molecule has 2 rings (SSSR count). The predicted octanol–water partition coefficient (Wildman–Crippen LogP) is 1.28. The number of piperazine rings is 1. The van der Waals surface area contributed by atoms with Crippen molar-refractivity contribution >= 4 is 17.6 Å². The Hall–Kier alpha value is -2.37. The summed E-state index contributed by atoms with van der Waals surface area (Å²) in [6.07, 6.45) is 0.896. The summed E-state index contributed by atoms with van der Waals surface area (Å²) in [5.74, 6) is 0.851. The van der Waals surface area contributed by atoms with Crippen LogP contribution in [0.25, 0.3) is 0 Å². The molecule has 6 heteroatoms. The highest BCUT2D eigenvalue weighted by atomic mass is 16.5. The standard InChI is InChI=1S/C18H24N2O4/c1-14(21)3-8-17(22)19-9-11-20(12-10-19)18(23)13-15-4-6-16(24-2)7-5-15/h4-7H,3,8-13H2,1-2H3. The number of hydrogen-bond acceptors (Lipinski definition) is 4. The lowest BCUT2D eigenvalue weighted by atomic mass is 10.1. The number of carbonyl (C=O) groups excluding carboxylic acids is 3. The van der Waals surface area contributed by atoms with E-state index in [0.717, 1.165) is 11.3 Å². The van der Waals surface area contributed by atoms with Gasteiger partial charge in [0.1, 0.15) is 11.5 Å². The maximum atomic E-state index is 12.4. The van der Waals surface area contributed by atoms with Crippen molar-refractivity contribution in [1.82, 2.24) is 9.80 Å². The van der Waals surface area contributed by atoms with Gasteiger partial charge in [-0.1, -0.05) is 12.1 Å². The number of methoxy groups -OCH3 is 1. The number of Topliss-reactive ketones (excluding diaryl/α,β-unsaturated/α-hetero) is 1. The number of nitrogens with zero attached hydrogens (tertiary/aromatic N) is 2. The molecule has 0 saturated carbocycles. The van der Waals surface area contributed by atoms with Crippen LogP contribution in [0.4, 0.5) is 0 Å². The normalized spacial score (nSPS) is 14.4. The van der Waals surface area contributed by atoms with E-state index in [1.54, 1.807) is 16.9 Å². The molecule has 1 aromatic carbocycles. The second kappa shape index (κ2) is 8.47. The Morgan fingerprint density at radius 3 is 1.96 bits per heavy atom. The number of rotatable bonds is 6. The molecule has 0 spiro atoms. The van der Waals surface area contributed by atoms with Gasteiger partial charge in [0.15, 0.2) is 0 Å². The topological polar surface area (TPSA) is 66.9 Å². The largest absolute Gasteiger partial charge is 0.497 e. The average molecular weight is 332 g/mol. The van der Waals surface area contributed by atoms with Crippen molar-refractivity contribution in [2.75, 3.05) is 33.3 Å². The molecule has 1 fully saturated rings. The minimum absolute atomic E-state index is 0.00699. The zero-order valence-corrected chi connectivity index (χ0v) is 14.3. The highest BCUT2D eigenvalue weighted by molar-refractivity contribution is 5.84. The Bertz CT molecular complexity index is 590. The minimum Gasteiger partial charge on any atom is -0.497 e. The van der Waals surface area contributed by atoms with Crippen molar-refractivity contribution < 1.29 is 19.1 Å². The Balaban J connectivity index is 1.79. The van der Waals surface area contributed by atoms with Gasteiger partial charge in [-0.05, 0) is 24.6 Å². The van der Waals surface area contributed by atoms with Crippen LogP contribution in [-0.4, -0.2) is 60.7 Å². The molecule has 1 aromatic rings. The van der Waals surface area contributed by atoms with Crippen LogP contribution in [0.2, 0.25) is 0 Å². The third-order valence-electron chi connectivity index (χ3n) is 4.19. The summed E-state index contributed by atoms with van der Waals surface area (Å²) in [6, 6.07) is 7.46. The van der Waals surface area contributed by atoms with Crippen LogP contribution in [0.3, 0.4) is 0 Å². The molecule has 0 aliphatic carbocycles. The minimum atomic E-state index is -0.00699. The van der Waals surface area contributed by atoms with Gasteiger partial charge in [-0.25, -0.2) is 0 Å². The molecule has 0 bridgehead atoms. The van der Waals surface area contributed by atoms with E-state index >= 15 is 0 Å². The van der Waals surface area contributed by atoms with E-state index in [4.69, 9.17) is 4.74 Å². The first-order valence-electron chi connectivity index (χ1n) is 8.17. The Labute approximate surface area is 142 Å². The third kappa shape index (κ3) is 5.08. The lowest BCUT2D eigenvalue weighted by molar-refractivity contribution is -0.139. The molecule has 0 aromatic heterocycles. The van der Waals surface area contributed by atoms with Crippen LogP contribution >= 0.6 is 0 Å². The number of carbonyl (C=O) groups is 3. The third-order valence-corrected chi connectivity index (χ3v) is 4.19. The van der Waals surface area contributed by atoms with Gasteiger partial charge in [0.2, 0.25) is 11.8 Å². The Morgan fingerprint density at radius 1 is 0.917 bits per heavy atom. The molecule has 0 unspecified atom stereocenters. The molecule has 0 N–H and O–H groups in total. The molecular weight excluding hydrogens is 308 g/mol. The fourth-order valence-corrected chi connectivity index (χ4v) is 2.68. The maximum absolute atomic E-state index is 12.4. The molecule has 2 amide bonds. The zero-order valence-electron chi connectivity index (χ0n) is 14.3. The van der Waals surface area contributed by atoms with Gasteiger partial charge in [0.05, 0.1) is 13.5 Å². The fraction of sp³-hybridized carbons (Fsp3) is 0.500. The van der Waals surface area contributed by atoms with Crippen LogP contribution in [-0.2, 0) is 20.8 Å². The van der Waals surface area contributed by atoms with Crippen molar-refractivity contribution in [2.24, 2.45) is 0 Å². The molecule has 0 atom stereocenters. The molecule has 24 heavy (non-hydrogen) atoms. The second-order valence-corrected chi connectivity index (χ2v) is 5.99. The van der Waals surface area contributed by atoms with E-state index in [1.807, 2.05) is 24.3 Å². The molecule has 1 saturated heterocycles. The monoisotopic (exact) mass is 332 g/mol. The highest BCUT2D eigenvalue weighted by Gasteiger charge is 2.24. The van der Waals surface area contributed by atoms with Crippen LogP contribution in [0.5, 0.6) is 5.75 Å². The SMILES string of the molecule is COc1ccc(CC(=O)N2CCN(C(=O)CCC(C)=O)CC2)cc1. The fourth-order valence-electron chi connectivity index (χ4n) is 2.68. The van der Waals surface area contributed by atoms with E-state index in [1.165, 1.54) is 6.92 Å². The van der Waals surface area contributed by atoms with Crippen molar-refractivity contribution in [1.29, 1.82) is 0 Å². The Morgan fingerprint density at radius 2 is 1.46 bits per heavy atom. The second-order valence-electron chi connectivity index (χ2n) is 5.99. The molecule has 130 valence electrons. The number of amides is 2. The molecule has 1 heterocycles. The van der Waals surface area contributed by atoms with Crippen molar-refractivity contribution in [2.45, 2.75) is 26.2 Å². The van der Waals surface area contributed by atoms with Gasteiger partial charge >= 0.3 is 0 Å². The van der Waals surface area contributed by atoms with Crippen LogP contribution in [0, 0.1) is 0 Å². The summed E-state index contributed by atoms with van der Waals surface area (Å²) in [6.45, 7) is 3.64. The zero-order chi connectivity index (χ0) is 17.5. The number of benzene rings is 1. The van der Waals surface area contributed by atoms with Crippen LogP contribution in [0.1, 0.15) is 25.3 Å². The van der Waals surface area contributed by atoms with Crippen LogP contribution in [0.15, 0.2) is 24.3 Å². The summed E-state index contributed by atoms with van der Waals surface area (Å²) >= 11 is 0. The number of hydrogen-bond donors (Lipinski definition) is 0. The summed E-state index contributed by atoms with van der Waals surface area (Å²) < 4.78 is 5.11. The Kier molecular flexibility index (Phi) is 6.35. The molecule has 6 nitrogen and oxygen atoms in total. The average Bonchev–Trinajstić information content (AvgIpc) is 2.60. The van der Waals surface area contributed by atoms with Gasteiger partial charge in [-0.15, -0.1) is 0 Å². The summed E-state index contributed by atoms with van der Waals surface area (Å²) in [7, 11) is 1.61.